The average molecular weight is 206 g/mol. The van der Waals surface area contributed by atoms with Crippen LogP contribution < -0.4 is 10.5 Å². The minimum absolute atomic E-state index is 0.247. The fourth-order valence-corrected chi connectivity index (χ4v) is 1.48. The second-order valence-electron chi connectivity index (χ2n) is 3.71. The molecule has 0 spiro atoms. The Hall–Kier alpha value is -1.58. The first kappa shape index (κ1) is 9.96. The van der Waals surface area contributed by atoms with Crippen LogP contribution in [0.1, 0.15) is 35.7 Å². The van der Waals surface area contributed by atoms with E-state index in [-0.39, 0.29) is 6.10 Å². The summed E-state index contributed by atoms with van der Waals surface area (Å²) in [5.41, 5.74) is 6.67. The third kappa shape index (κ3) is 2.09. The second-order valence-corrected chi connectivity index (χ2v) is 3.71. The van der Waals surface area contributed by atoms with Gasteiger partial charge >= 0.3 is 0 Å². The van der Waals surface area contributed by atoms with Crippen LogP contribution in [0.3, 0.4) is 0 Å². The first-order chi connectivity index (χ1) is 7.22. The molecule has 4 nitrogen and oxygen atoms in total. The first-order valence-electron chi connectivity index (χ1n) is 5.15. The zero-order valence-electron chi connectivity index (χ0n) is 8.69. The van der Waals surface area contributed by atoms with Crippen LogP contribution in [-0.2, 0) is 6.42 Å². The Labute approximate surface area is 88.4 Å². The van der Waals surface area contributed by atoms with Crippen LogP contribution in [0.15, 0.2) is 12.4 Å². The Morgan fingerprint density at radius 1 is 1.60 bits per heavy atom. The van der Waals surface area contributed by atoms with Crippen LogP contribution in [-0.4, -0.2) is 17.0 Å². The molecule has 1 aliphatic carbocycles. The van der Waals surface area contributed by atoms with E-state index in [4.69, 9.17) is 10.5 Å². The van der Waals surface area contributed by atoms with Gasteiger partial charge in [-0.1, -0.05) is 6.92 Å². The Bertz CT molecular complexity index is 386. The molecule has 15 heavy (non-hydrogen) atoms. The van der Waals surface area contributed by atoms with Crippen molar-refractivity contribution in [2.75, 3.05) is 0 Å². The third-order valence-electron chi connectivity index (χ3n) is 2.43. The number of carbonyl (C=O) groups excluding carboxylic acids is 1. The average Bonchev–Trinajstić information content (AvgIpc) is 3.01. The monoisotopic (exact) mass is 206 g/mol. The van der Waals surface area contributed by atoms with Crippen LogP contribution in [0.2, 0.25) is 0 Å². The highest BCUT2D eigenvalue weighted by atomic mass is 16.5. The van der Waals surface area contributed by atoms with Gasteiger partial charge in [0.15, 0.2) is 5.75 Å². The summed E-state index contributed by atoms with van der Waals surface area (Å²) >= 11 is 0. The van der Waals surface area contributed by atoms with Gasteiger partial charge in [-0.25, -0.2) is 0 Å². The van der Waals surface area contributed by atoms with E-state index in [1.54, 1.807) is 12.4 Å². The van der Waals surface area contributed by atoms with Gasteiger partial charge in [0.1, 0.15) is 0 Å². The summed E-state index contributed by atoms with van der Waals surface area (Å²) in [6.07, 6.45) is 6.31. The molecule has 1 aliphatic rings. The van der Waals surface area contributed by atoms with E-state index in [0.29, 0.717) is 11.3 Å². The molecule has 1 amide bonds. The fourth-order valence-electron chi connectivity index (χ4n) is 1.48. The number of ether oxygens (including phenoxy) is 1. The normalized spacial score (nSPS) is 15.0. The van der Waals surface area contributed by atoms with Gasteiger partial charge in [0.2, 0.25) is 0 Å². The predicted molar refractivity (Wildman–Crippen MR) is 55.8 cm³/mol. The zero-order valence-corrected chi connectivity index (χ0v) is 8.69. The van der Waals surface area contributed by atoms with E-state index in [1.165, 1.54) is 0 Å². The van der Waals surface area contributed by atoms with Crippen LogP contribution in [0.5, 0.6) is 5.75 Å². The number of amides is 1. The number of pyridine rings is 1. The highest BCUT2D eigenvalue weighted by Crippen LogP contribution is 2.29. The summed E-state index contributed by atoms with van der Waals surface area (Å²) in [6, 6.07) is 0. The van der Waals surface area contributed by atoms with Crippen molar-refractivity contribution >= 4 is 5.91 Å². The zero-order chi connectivity index (χ0) is 10.8. The molecule has 1 aromatic rings. The largest absolute Gasteiger partial charge is 0.488 e. The smallest absolute Gasteiger partial charge is 0.252 e. The summed E-state index contributed by atoms with van der Waals surface area (Å²) in [6.45, 7) is 1.96. The van der Waals surface area contributed by atoms with Gasteiger partial charge < -0.3 is 10.5 Å². The number of nitrogens with zero attached hydrogens (tertiary/aromatic N) is 1. The Kier molecular flexibility index (Phi) is 2.58. The van der Waals surface area contributed by atoms with Crippen LogP contribution in [0, 0.1) is 0 Å². The summed E-state index contributed by atoms with van der Waals surface area (Å²) in [7, 11) is 0. The van der Waals surface area contributed by atoms with Crippen LogP contribution >= 0.6 is 0 Å². The van der Waals surface area contributed by atoms with E-state index in [2.05, 4.69) is 4.98 Å². The number of rotatable bonds is 4. The Morgan fingerprint density at radius 3 is 2.87 bits per heavy atom. The molecular weight excluding hydrogens is 192 g/mol. The van der Waals surface area contributed by atoms with Crippen molar-refractivity contribution in [2.24, 2.45) is 5.73 Å². The number of aryl methyl sites for hydroxylation is 1. The summed E-state index contributed by atoms with van der Waals surface area (Å²) in [5.74, 6) is 0.0919. The van der Waals surface area contributed by atoms with E-state index in [0.717, 1.165) is 24.8 Å². The maximum atomic E-state index is 11.3. The highest BCUT2D eigenvalue weighted by Gasteiger charge is 2.26. The van der Waals surface area contributed by atoms with E-state index < -0.39 is 5.91 Å². The highest BCUT2D eigenvalue weighted by molar-refractivity contribution is 5.97. The second kappa shape index (κ2) is 3.88. The number of carbonyl (C=O) groups is 1. The van der Waals surface area contributed by atoms with Crippen molar-refractivity contribution in [2.45, 2.75) is 32.3 Å². The molecule has 2 N–H and O–H groups in total. The molecular formula is C11H14N2O2. The van der Waals surface area contributed by atoms with Crippen LogP contribution in [0.4, 0.5) is 0 Å². The lowest BCUT2D eigenvalue weighted by molar-refractivity contribution is 0.0995. The van der Waals surface area contributed by atoms with Gasteiger partial charge in [-0.2, -0.15) is 0 Å². The third-order valence-corrected chi connectivity index (χ3v) is 2.43. The van der Waals surface area contributed by atoms with Crippen molar-refractivity contribution in [1.29, 1.82) is 0 Å². The van der Waals surface area contributed by atoms with Gasteiger partial charge in [-0.15, -0.1) is 0 Å². The van der Waals surface area contributed by atoms with Gasteiger partial charge in [0, 0.05) is 6.20 Å². The lowest BCUT2D eigenvalue weighted by atomic mass is 10.1. The molecule has 1 heterocycles. The maximum Gasteiger partial charge on any atom is 0.252 e. The van der Waals surface area contributed by atoms with E-state index >= 15 is 0 Å². The quantitative estimate of drug-likeness (QED) is 0.807. The standard InChI is InChI=1S/C11H14N2O2/c1-2-7-5-13-6-9(10(7)11(12)14)15-8-3-4-8/h5-6,8H,2-4H2,1H3,(H2,12,14). The maximum absolute atomic E-state index is 11.3. The lowest BCUT2D eigenvalue weighted by Crippen LogP contribution is -2.16. The summed E-state index contributed by atoms with van der Waals surface area (Å²) in [4.78, 5) is 15.4. The SMILES string of the molecule is CCc1cncc(OC2CC2)c1C(N)=O. The number of hydrogen-bond acceptors (Lipinski definition) is 3. The first-order valence-corrected chi connectivity index (χ1v) is 5.15. The molecule has 0 unspecified atom stereocenters. The Morgan fingerprint density at radius 2 is 2.33 bits per heavy atom. The van der Waals surface area contributed by atoms with E-state index in [9.17, 15) is 4.79 Å². The summed E-state index contributed by atoms with van der Waals surface area (Å²) in [5, 5.41) is 0. The van der Waals surface area contributed by atoms with Gasteiger partial charge in [0.05, 0.1) is 17.9 Å². The van der Waals surface area contributed by atoms with Gasteiger partial charge in [0.25, 0.3) is 5.91 Å². The van der Waals surface area contributed by atoms with Crippen molar-refractivity contribution in [3.05, 3.63) is 23.5 Å². The minimum Gasteiger partial charge on any atom is -0.488 e. The predicted octanol–water partition coefficient (Wildman–Crippen LogP) is 1.28. The molecule has 0 radical (unpaired) electrons. The number of primary amides is 1. The molecule has 4 heteroatoms. The Balaban J connectivity index is 2.37. The molecule has 1 fully saturated rings. The van der Waals surface area contributed by atoms with Crippen molar-refractivity contribution in [3.8, 4) is 5.75 Å². The molecule has 0 atom stereocenters. The lowest BCUT2D eigenvalue weighted by Gasteiger charge is -2.10. The van der Waals surface area contributed by atoms with Crippen molar-refractivity contribution in [1.82, 2.24) is 4.98 Å². The molecule has 1 saturated carbocycles. The fraction of sp³-hybridized carbons (Fsp3) is 0.455. The molecule has 0 saturated heterocycles. The van der Waals surface area contributed by atoms with Crippen LogP contribution in [0.25, 0.3) is 0 Å². The number of hydrogen-bond donors (Lipinski definition) is 1. The summed E-state index contributed by atoms with van der Waals surface area (Å²) < 4.78 is 5.60. The minimum atomic E-state index is -0.440. The number of nitrogens with two attached hydrogens (primary N) is 1. The van der Waals surface area contributed by atoms with Crippen molar-refractivity contribution in [3.63, 3.8) is 0 Å². The molecule has 1 aromatic heterocycles. The molecule has 0 aromatic carbocycles. The van der Waals surface area contributed by atoms with Gasteiger partial charge in [-0.05, 0) is 24.8 Å². The topological polar surface area (TPSA) is 65.2 Å². The molecule has 0 bridgehead atoms. The van der Waals surface area contributed by atoms with Gasteiger partial charge in [-0.3, -0.25) is 9.78 Å². The molecule has 0 aliphatic heterocycles. The molecule has 2 rings (SSSR count). The number of aromatic nitrogens is 1. The van der Waals surface area contributed by atoms with E-state index in [1.807, 2.05) is 6.92 Å². The molecule has 80 valence electrons. The van der Waals surface area contributed by atoms with Crippen molar-refractivity contribution < 1.29 is 9.53 Å².